The molecule has 0 atom stereocenters. The van der Waals surface area contributed by atoms with Crippen molar-refractivity contribution in [3.05, 3.63) is 89.6 Å². The van der Waals surface area contributed by atoms with Crippen LogP contribution in [0.4, 0.5) is 18.9 Å². The van der Waals surface area contributed by atoms with E-state index in [1.807, 2.05) is 19.9 Å². The molecule has 4 aromatic rings. The van der Waals surface area contributed by atoms with Gasteiger partial charge in [-0.3, -0.25) is 4.68 Å². The summed E-state index contributed by atoms with van der Waals surface area (Å²) in [6.45, 7) is 4.27. The van der Waals surface area contributed by atoms with Gasteiger partial charge in [-0.25, -0.2) is 13.1 Å². The third-order valence-electron chi connectivity index (χ3n) is 6.29. The molecule has 0 aliphatic heterocycles. The first-order valence-corrected chi connectivity index (χ1v) is 14.7. The summed E-state index contributed by atoms with van der Waals surface area (Å²) < 4.78 is 72.8. The lowest BCUT2D eigenvalue weighted by atomic mass is 9.99. The van der Waals surface area contributed by atoms with Gasteiger partial charge in [-0.2, -0.15) is 23.5 Å². The van der Waals surface area contributed by atoms with Crippen LogP contribution in [0.3, 0.4) is 0 Å². The fraction of sp³-hybridized carbons (Fsp3) is 0.267. The Morgan fingerprint density at radius 1 is 1.02 bits per heavy atom. The van der Waals surface area contributed by atoms with Gasteiger partial charge in [0.1, 0.15) is 5.75 Å². The fourth-order valence-electron chi connectivity index (χ4n) is 4.30. The molecular formula is C30H30F3N5O3S. The van der Waals surface area contributed by atoms with Crippen LogP contribution in [0.2, 0.25) is 0 Å². The first kappa shape index (κ1) is 30.6. The zero-order valence-electron chi connectivity index (χ0n) is 23.2. The zero-order valence-corrected chi connectivity index (χ0v) is 24.1. The largest absolute Gasteiger partial charge is 0.491 e. The molecule has 0 amide bonds. The molecule has 3 aromatic carbocycles. The Bertz CT molecular complexity index is 1690. The molecule has 0 saturated carbocycles. The SMILES string of the molecule is CNS(=O)(=O)CCNc1ccc(-c2ccc(C(F)(F)F)cc2)cc1-c1ccn(Cc2cc(C#N)cc(OC(C)C)c2)n1. The van der Waals surface area contributed by atoms with Gasteiger partial charge >= 0.3 is 6.18 Å². The Morgan fingerprint density at radius 2 is 1.74 bits per heavy atom. The molecule has 2 N–H and O–H groups in total. The molecule has 1 heterocycles. The molecule has 12 heteroatoms. The molecule has 8 nitrogen and oxygen atoms in total. The molecule has 42 heavy (non-hydrogen) atoms. The van der Waals surface area contributed by atoms with Crippen molar-refractivity contribution >= 4 is 15.7 Å². The van der Waals surface area contributed by atoms with E-state index >= 15 is 0 Å². The summed E-state index contributed by atoms with van der Waals surface area (Å²) in [6.07, 6.45) is -2.72. The number of aromatic nitrogens is 2. The standard InChI is InChI=1S/C30H30F3N5O3S/c1-20(2)41-26-15-21(18-34)14-22(16-26)19-38-12-10-29(37-38)27-17-24(23-4-7-25(8-5-23)30(31,32)33)6-9-28(27)36-11-13-42(39,40)35-3/h4-10,12,14-17,20,35-36H,11,13,19H2,1-3H3. The van der Waals surface area contributed by atoms with Crippen molar-refractivity contribution in [3.8, 4) is 34.2 Å². The highest BCUT2D eigenvalue weighted by Crippen LogP contribution is 2.34. The molecular weight excluding hydrogens is 567 g/mol. The molecule has 0 aliphatic carbocycles. The van der Waals surface area contributed by atoms with E-state index in [2.05, 4.69) is 16.1 Å². The van der Waals surface area contributed by atoms with Gasteiger partial charge in [0.05, 0.1) is 41.3 Å². The highest BCUT2D eigenvalue weighted by molar-refractivity contribution is 7.89. The molecule has 0 aliphatic rings. The Hall–Kier alpha value is -4.34. The second kappa shape index (κ2) is 12.7. The van der Waals surface area contributed by atoms with E-state index < -0.39 is 21.8 Å². The van der Waals surface area contributed by atoms with Gasteiger partial charge in [-0.1, -0.05) is 18.2 Å². The number of rotatable bonds is 11. The van der Waals surface area contributed by atoms with Gasteiger partial charge in [-0.15, -0.1) is 0 Å². The molecule has 0 bridgehead atoms. The molecule has 0 fully saturated rings. The second-order valence-corrected chi connectivity index (χ2v) is 11.9. The number of nitrogens with zero attached hydrogens (tertiary/aromatic N) is 3. The van der Waals surface area contributed by atoms with E-state index in [4.69, 9.17) is 9.84 Å². The summed E-state index contributed by atoms with van der Waals surface area (Å²) in [6, 6.07) is 19.4. The van der Waals surface area contributed by atoms with Crippen molar-refractivity contribution in [2.45, 2.75) is 32.7 Å². The van der Waals surface area contributed by atoms with Crippen molar-refractivity contribution in [3.63, 3.8) is 0 Å². The lowest BCUT2D eigenvalue weighted by Crippen LogP contribution is -2.26. The topological polar surface area (TPSA) is 109 Å². The minimum atomic E-state index is -4.44. The molecule has 220 valence electrons. The third-order valence-corrected chi connectivity index (χ3v) is 7.65. The number of benzene rings is 3. The predicted molar refractivity (Wildman–Crippen MR) is 155 cm³/mol. The van der Waals surface area contributed by atoms with E-state index in [0.29, 0.717) is 45.9 Å². The number of anilines is 1. The smallest absolute Gasteiger partial charge is 0.416 e. The van der Waals surface area contributed by atoms with Crippen molar-refractivity contribution in [1.29, 1.82) is 5.26 Å². The van der Waals surface area contributed by atoms with Gasteiger partial charge < -0.3 is 10.1 Å². The Labute approximate surface area is 242 Å². The number of hydrogen-bond donors (Lipinski definition) is 2. The highest BCUT2D eigenvalue weighted by atomic mass is 32.2. The minimum Gasteiger partial charge on any atom is -0.491 e. The maximum atomic E-state index is 13.1. The van der Waals surface area contributed by atoms with Crippen molar-refractivity contribution in [1.82, 2.24) is 14.5 Å². The number of nitriles is 1. The fourth-order valence-corrected chi connectivity index (χ4v) is 4.88. The van der Waals surface area contributed by atoms with Crippen molar-refractivity contribution in [2.75, 3.05) is 24.7 Å². The van der Waals surface area contributed by atoms with E-state index in [0.717, 1.165) is 17.7 Å². The quantitative estimate of drug-likeness (QED) is 0.223. The lowest BCUT2D eigenvalue weighted by molar-refractivity contribution is -0.137. The van der Waals surface area contributed by atoms with Gasteiger partial charge in [0.15, 0.2) is 0 Å². The number of nitrogens with one attached hydrogen (secondary N) is 2. The summed E-state index contributed by atoms with van der Waals surface area (Å²) in [5.74, 6) is 0.423. The summed E-state index contributed by atoms with van der Waals surface area (Å²) in [5, 5.41) is 17.3. The Morgan fingerprint density at radius 3 is 2.38 bits per heavy atom. The Kier molecular flexibility index (Phi) is 9.23. The first-order valence-electron chi connectivity index (χ1n) is 13.1. The molecule has 4 rings (SSSR count). The van der Waals surface area contributed by atoms with E-state index in [9.17, 15) is 26.9 Å². The molecule has 0 saturated heterocycles. The molecule has 0 radical (unpaired) electrons. The van der Waals surface area contributed by atoms with Crippen LogP contribution in [0.1, 0.15) is 30.5 Å². The molecule has 0 spiro atoms. The first-order chi connectivity index (χ1) is 19.9. The van der Waals surface area contributed by atoms with Crippen LogP contribution in [-0.4, -0.2) is 43.6 Å². The van der Waals surface area contributed by atoms with Gasteiger partial charge in [0.25, 0.3) is 0 Å². The van der Waals surface area contributed by atoms with Crippen molar-refractivity contribution < 1.29 is 26.3 Å². The van der Waals surface area contributed by atoms with Gasteiger partial charge in [-0.05, 0) is 86.1 Å². The van der Waals surface area contributed by atoms with E-state index in [-0.39, 0.29) is 18.4 Å². The van der Waals surface area contributed by atoms with Gasteiger partial charge in [0.2, 0.25) is 10.0 Å². The monoisotopic (exact) mass is 597 g/mol. The average Bonchev–Trinajstić information content (AvgIpc) is 3.40. The maximum absolute atomic E-state index is 13.1. The normalized spacial score (nSPS) is 11.9. The second-order valence-electron chi connectivity index (χ2n) is 9.83. The maximum Gasteiger partial charge on any atom is 0.416 e. The van der Waals surface area contributed by atoms with Crippen LogP contribution in [0.15, 0.2) is 72.9 Å². The highest BCUT2D eigenvalue weighted by Gasteiger charge is 2.30. The average molecular weight is 598 g/mol. The Balaban J connectivity index is 1.67. The molecule has 1 aromatic heterocycles. The van der Waals surface area contributed by atoms with Crippen LogP contribution in [-0.2, 0) is 22.7 Å². The summed E-state index contributed by atoms with van der Waals surface area (Å²) in [5.41, 5.74) is 3.60. The van der Waals surface area contributed by atoms with Crippen LogP contribution < -0.4 is 14.8 Å². The van der Waals surface area contributed by atoms with Crippen LogP contribution in [0.25, 0.3) is 22.4 Å². The molecule has 0 unspecified atom stereocenters. The number of hydrogen-bond acceptors (Lipinski definition) is 6. The number of halogens is 3. The van der Waals surface area contributed by atoms with Crippen LogP contribution in [0, 0.1) is 11.3 Å². The third kappa shape index (κ3) is 7.90. The number of alkyl halides is 3. The summed E-state index contributed by atoms with van der Waals surface area (Å²) in [7, 11) is -2.10. The van der Waals surface area contributed by atoms with E-state index in [1.165, 1.54) is 19.2 Å². The summed E-state index contributed by atoms with van der Waals surface area (Å²) >= 11 is 0. The lowest BCUT2D eigenvalue weighted by Gasteiger charge is -2.14. The minimum absolute atomic E-state index is 0.0611. The van der Waals surface area contributed by atoms with E-state index in [1.54, 1.807) is 47.3 Å². The number of sulfonamides is 1. The van der Waals surface area contributed by atoms with Crippen molar-refractivity contribution in [2.24, 2.45) is 0 Å². The van der Waals surface area contributed by atoms with Gasteiger partial charge in [0, 0.05) is 24.0 Å². The predicted octanol–water partition coefficient (Wildman–Crippen LogP) is 5.90. The van der Waals surface area contributed by atoms with Crippen LogP contribution in [0.5, 0.6) is 5.75 Å². The number of ether oxygens (including phenoxy) is 1. The van der Waals surface area contributed by atoms with Crippen LogP contribution >= 0.6 is 0 Å². The zero-order chi connectivity index (χ0) is 30.5. The summed E-state index contributed by atoms with van der Waals surface area (Å²) in [4.78, 5) is 0.